The van der Waals surface area contributed by atoms with Crippen LogP contribution < -0.4 is 14.2 Å². The average molecular weight is 683 g/mol. The second kappa shape index (κ2) is 15.8. The van der Waals surface area contributed by atoms with Crippen molar-refractivity contribution >= 4 is 0 Å². The Morgan fingerprint density at radius 2 is 1.35 bits per heavy atom. The summed E-state index contributed by atoms with van der Waals surface area (Å²) in [5.74, 6) is 0.451. The van der Waals surface area contributed by atoms with Crippen molar-refractivity contribution < 1.29 is 74.4 Å². The van der Waals surface area contributed by atoms with Gasteiger partial charge in [0.05, 0.1) is 33.5 Å². The first-order valence-electron chi connectivity index (χ1n) is 16.1. The van der Waals surface area contributed by atoms with Gasteiger partial charge in [0.2, 0.25) is 12.0 Å². The molecular weight excluding hydrogens is 636 g/mol. The first kappa shape index (κ1) is 36.5. The highest BCUT2D eigenvalue weighted by Crippen LogP contribution is 2.50. The van der Waals surface area contributed by atoms with Crippen LogP contribution in [0.1, 0.15) is 36.8 Å². The number of aryl methyl sites for hydroxylation is 2. The summed E-state index contributed by atoms with van der Waals surface area (Å²) in [5, 5.41) is 93.9. The van der Waals surface area contributed by atoms with Gasteiger partial charge >= 0.3 is 0 Å². The average Bonchev–Trinajstić information content (AvgIpc) is 3.09. The minimum absolute atomic E-state index is 0.000434. The summed E-state index contributed by atoms with van der Waals surface area (Å²) in [6.07, 6.45) is -12.9. The highest BCUT2D eigenvalue weighted by Gasteiger charge is 2.48. The summed E-state index contributed by atoms with van der Waals surface area (Å²) in [4.78, 5) is 0. The predicted molar refractivity (Wildman–Crippen MR) is 166 cm³/mol. The van der Waals surface area contributed by atoms with Gasteiger partial charge in [-0.2, -0.15) is 0 Å². The van der Waals surface area contributed by atoms with E-state index in [-0.39, 0.29) is 23.0 Å². The molecule has 0 unspecified atom stereocenters. The zero-order valence-electron chi connectivity index (χ0n) is 26.8. The van der Waals surface area contributed by atoms with Crippen LogP contribution in [-0.4, -0.2) is 141 Å². The minimum atomic E-state index is -1.77. The SMILES string of the molecule is COc1c2cc(c(O[C@@H]3O[C@H](CO[C@@H]4O[C@H](CO)[C@@H](O)[C@H](O)[C@H]4O)[C@@H](O)[C@H](O)[C@H]3O)c1OC)CCCC[C@H](O)CCc1ccc(O)c-2c1. The summed E-state index contributed by atoms with van der Waals surface area (Å²) in [6.45, 7) is -1.20. The zero-order valence-corrected chi connectivity index (χ0v) is 26.8. The molecule has 5 rings (SSSR count). The molecular formula is C33H46O15. The molecule has 2 aliphatic heterocycles. The van der Waals surface area contributed by atoms with Crippen molar-refractivity contribution in [1.82, 2.24) is 0 Å². The van der Waals surface area contributed by atoms with Crippen molar-refractivity contribution in [3.8, 4) is 34.1 Å². The molecule has 15 heteroatoms. The molecule has 15 nitrogen and oxygen atoms in total. The van der Waals surface area contributed by atoms with Crippen molar-refractivity contribution in [2.75, 3.05) is 27.4 Å². The highest BCUT2D eigenvalue weighted by atomic mass is 16.7. The smallest absolute Gasteiger partial charge is 0.229 e. The lowest BCUT2D eigenvalue weighted by atomic mass is 9.95. The number of benzene rings is 2. The quantitative estimate of drug-likeness (QED) is 0.164. The lowest BCUT2D eigenvalue weighted by Crippen LogP contribution is -2.62. The number of rotatable bonds is 8. The maximum absolute atomic E-state index is 11.0. The molecule has 2 aromatic carbocycles. The molecule has 1 aliphatic carbocycles. The summed E-state index contributed by atoms with van der Waals surface area (Å²) in [6, 6.07) is 6.99. The van der Waals surface area contributed by atoms with Crippen LogP contribution in [0.5, 0.6) is 23.0 Å². The predicted octanol–water partition coefficient (Wildman–Crippen LogP) is -0.901. The normalized spacial score (nSPS) is 34.3. The van der Waals surface area contributed by atoms with Crippen LogP contribution >= 0.6 is 0 Å². The Hall–Kier alpha value is -2.80. The molecule has 2 aromatic rings. The fraction of sp³-hybridized carbons (Fsp3) is 0.636. The largest absolute Gasteiger partial charge is 0.507 e. The van der Waals surface area contributed by atoms with Gasteiger partial charge in [-0.25, -0.2) is 0 Å². The maximum Gasteiger partial charge on any atom is 0.229 e. The van der Waals surface area contributed by atoms with Crippen molar-refractivity contribution in [2.45, 2.75) is 106 Å². The van der Waals surface area contributed by atoms with Gasteiger partial charge < -0.3 is 74.4 Å². The summed E-state index contributed by atoms with van der Waals surface area (Å²) < 4.78 is 34.5. The molecule has 0 saturated carbocycles. The van der Waals surface area contributed by atoms with Gasteiger partial charge in [-0.1, -0.05) is 12.5 Å². The second-order valence-electron chi connectivity index (χ2n) is 12.4. The van der Waals surface area contributed by atoms with E-state index in [1.54, 1.807) is 18.2 Å². The van der Waals surface area contributed by atoms with E-state index in [2.05, 4.69) is 0 Å². The first-order valence-corrected chi connectivity index (χ1v) is 16.1. The maximum atomic E-state index is 11.0. The number of aromatic hydroxyl groups is 1. The monoisotopic (exact) mass is 682 g/mol. The summed E-state index contributed by atoms with van der Waals surface area (Å²) in [7, 11) is 2.82. The van der Waals surface area contributed by atoms with E-state index in [1.165, 1.54) is 14.2 Å². The Balaban J connectivity index is 1.46. The van der Waals surface area contributed by atoms with Gasteiger partial charge in [-0.05, 0) is 61.4 Å². The van der Waals surface area contributed by atoms with Crippen LogP contribution in [-0.2, 0) is 27.1 Å². The van der Waals surface area contributed by atoms with Crippen LogP contribution in [0.4, 0.5) is 0 Å². The van der Waals surface area contributed by atoms with Crippen LogP contribution in [0.3, 0.4) is 0 Å². The highest BCUT2D eigenvalue weighted by molar-refractivity contribution is 5.81. The number of fused-ring (bicyclic) bond motifs is 5. The molecule has 0 spiro atoms. The molecule has 0 amide bonds. The third kappa shape index (κ3) is 7.51. The Bertz CT molecular complexity index is 1370. The van der Waals surface area contributed by atoms with Gasteiger partial charge in [0.25, 0.3) is 0 Å². The number of aliphatic hydroxyl groups is 8. The van der Waals surface area contributed by atoms with E-state index < -0.39 is 80.7 Å². The fourth-order valence-corrected chi connectivity index (χ4v) is 6.37. The Labute approximate surface area is 277 Å². The number of methoxy groups -OCH3 is 2. The minimum Gasteiger partial charge on any atom is -0.507 e. The summed E-state index contributed by atoms with van der Waals surface area (Å²) >= 11 is 0. The van der Waals surface area contributed by atoms with Crippen molar-refractivity contribution in [3.63, 3.8) is 0 Å². The number of phenolic OH excluding ortho intramolecular Hbond substituents is 1. The van der Waals surface area contributed by atoms with Gasteiger partial charge in [0.15, 0.2) is 17.8 Å². The number of phenols is 1. The molecule has 2 saturated heterocycles. The Morgan fingerprint density at radius 1 is 0.688 bits per heavy atom. The lowest BCUT2D eigenvalue weighted by Gasteiger charge is -2.42. The molecule has 48 heavy (non-hydrogen) atoms. The zero-order chi connectivity index (χ0) is 34.7. The van der Waals surface area contributed by atoms with Crippen LogP contribution in [0, 0.1) is 0 Å². The van der Waals surface area contributed by atoms with E-state index in [0.29, 0.717) is 55.2 Å². The van der Waals surface area contributed by atoms with Gasteiger partial charge in [0, 0.05) is 11.1 Å². The molecule has 11 atom stereocenters. The van der Waals surface area contributed by atoms with Crippen LogP contribution in [0.15, 0.2) is 24.3 Å². The van der Waals surface area contributed by atoms with Gasteiger partial charge in [0.1, 0.15) is 54.6 Å². The fourth-order valence-electron chi connectivity index (χ4n) is 6.37. The molecule has 2 fully saturated rings. The van der Waals surface area contributed by atoms with E-state index in [1.807, 2.05) is 6.07 Å². The van der Waals surface area contributed by atoms with E-state index in [9.17, 15) is 46.0 Å². The topological polar surface area (TPSA) is 237 Å². The molecule has 0 radical (unpaired) electrons. The third-order valence-corrected chi connectivity index (χ3v) is 9.20. The van der Waals surface area contributed by atoms with E-state index in [0.717, 1.165) is 5.56 Å². The number of hydrogen-bond acceptors (Lipinski definition) is 15. The molecule has 268 valence electrons. The molecule has 3 aliphatic rings. The number of ether oxygens (including phenoxy) is 6. The van der Waals surface area contributed by atoms with Gasteiger partial charge in [-0.15, -0.1) is 0 Å². The van der Waals surface area contributed by atoms with Crippen molar-refractivity contribution in [2.24, 2.45) is 0 Å². The first-order chi connectivity index (χ1) is 23.0. The van der Waals surface area contributed by atoms with E-state index in [4.69, 9.17) is 28.4 Å². The standard InChI is InChI=1S/C33H46O15/c1-43-30-19-12-16(5-3-4-6-17(35)9-7-15-8-10-20(36)18(19)11-15)29(31(30)44-2)48-33-28(42)26(40)24(38)22(47-33)14-45-32-27(41)25(39)23(37)21(13-34)46-32/h8,10-12,17,21-28,32-42H,3-7,9,13-14H2,1-2H3/t17-,21+,22+,23+,24+,25-,26-,27+,28+,32+,33-/m0/s1. The molecule has 2 heterocycles. The van der Waals surface area contributed by atoms with Crippen molar-refractivity contribution in [1.29, 1.82) is 0 Å². The molecule has 4 bridgehead atoms. The Morgan fingerprint density at radius 3 is 2.04 bits per heavy atom. The second-order valence-corrected chi connectivity index (χ2v) is 12.4. The summed E-state index contributed by atoms with van der Waals surface area (Å²) in [5.41, 5.74) is 2.49. The van der Waals surface area contributed by atoms with Gasteiger partial charge in [-0.3, -0.25) is 0 Å². The third-order valence-electron chi connectivity index (χ3n) is 9.20. The van der Waals surface area contributed by atoms with E-state index >= 15 is 0 Å². The molecule has 9 N–H and O–H groups in total. The van der Waals surface area contributed by atoms with Crippen LogP contribution in [0.2, 0.25) is 0 Å². The lowest BCUT2D eigenvalue weighted by molar-refractivity contribution is -0.323. The number of aliphatic hydroxyl groups excluding tert-OH is 8. The number of hydrogen-bond donors (Lipinski definition) is 9. The van der Waals surface area contributed by atoms with Crippen LogP contribution in [0.25, 0.3) is 11.1 Å². The Kier molecular flexibility index (Phi) is 12.0. The van der Waals surface area contributed by atoms with Crippen molar-refractivity contribution in [3.05, 3.63) is 35.4 Å². The molecule has 0 aromatic heterocycles.